The van der Waals surface area contributed by atoms with E-state index in [1.54, 1.807) is 53.4 Å². The second kappa shape index (κ2) is 18.1. The van der Waals surface area contributed by atoms with Crippen LogP contribution >= 0.6 is 11.3 Å². The van der Waals surface area contributed by atoms with E-state index in [1.165, 1.54) is 17.2 Å². The predicted octanol–water partition coefficient (Wildman–Crippen LogP) is 7.14. The number of carbonyl (C=O) groups is 4. The van der Waals surface area contributed by atoms with Gasteiger partial charge in [-0.1, -0.05) is 63.2 Å². The number of aliphatic hydroxyl groups excluding tert-OH is 1. The van der Waals surface area contributed by atoms with Gasteiger partial charge in [-0.3, -0.25) is 19.2 Å². The Bertz CT molecular complexity index is 2550. The van der Waals surface area contributed by atoms with E-state index in [4.69, 9.17) is 4.74 Å². The molecule has 1 aliphatic heterocycles. The van der Waals surface area contributed by atoms with Crippen LogP contribution in [0.5, 0.6) is 5.75 Å². The zero-order chi connectivity index (χ0) is 43.4. The third-order valence-electron chi connectivity index (χ3n) is 10.7. The second-order valence-corrected chi connectivity index (χ2v) is 17.0. The first-order valence-electron chi connectivity index (χ1n) is 19.9. The van der Waals surface area contributed by atoms with Crippen molar-refractivity contribution in [2.45, 2.75) is 71.7 Å². The van der Waals surface area contributed by atoms with Crippen LogP contribution in [0.25, 0.3) is 32.6 Å². The smallest absolute Gasteiger partial charge is 0.246 e. The highest BCUT2D eigenvalue weighted by atomic mass is 32.1. The topological polar surface area (TPSA) is 167 Å². The number of hydrogen-bond acceptors (Lipinski definition) is 9. The van der Waals surface area contributed by atoms with Crippen LogP contribution in [0.3, 0.4) is 0 Å². The Morgan fingerprint density at radius 1 is 0.984 bits per heavy atom. The molecule has 3 amide bonds. The molecule has 4 N–H and O–H groups in total. The number of ketones is 1. The normalized spacial score (nSPS) is 15.8. The summed E-state index contributed by atoms with van der Waals surface area (Å²) in [5.41, 5.74) is 5.26. The number of rotatable bonds is 14. The van der Waals surface area contributed by atoms with Gasteiger partial charge >= 0.3 is 0 Å². The summed E-state index contributed by atoms with van der Waals surface area (Å²) in [5, 5.41) is 16.8. The number of aryl methyl sites for hydroxylation is 1. The molecule has 15 heteroatoms. The molecule has 61 heavy (non-hydrogen) atoms. The summed E-state index contributed by atoms with van der Waals surface area (Å²) in [7, 11) is 0. The van der Waals surface area contributed by atoms with Crippen LogP contribution in [0.2, 0.25) is 0 Å². The molecule has 3 aromatic carbocycles. The largest absolute Gasteiger partial charge is 0.494 e. The maximum atomic E-state index is 14.4. The molecule has 1 saturated heterocycles. The standard InChI is InChI=1S/C46H46F2N6O6S/c1-26-41(61-25-52-26)29-12-10-27(11-13-29)21-51-44(58)37-20-31(55)24-54(37)45(59)42(46(2,3)4)53-38(56)9-6-18-60-32-16-14-28(15-17-32)30-19-33-34(23-50-43(33)49-22-30)40(57)39-35(47)7-5-8-36(39)48/h5,7-8,10-17,19,22-23,25,31,37,42,55H,6,9,18,20-21,24H2,1-4H3,(H,49,50)(H,51,58)(H,53,56)/t31-,37+,42?/m1/s1. The molecule has 7 rings (SSSR count). The van der Waals surface area contributed by atoms with Crippen molar-refractivity contribution >= 4 is 45.9 Å². The first kappa shape index (κ1) is 42.8. The van der Waals surface area contributed by atoms with Crippen LogP contribution in [-0.2, 0) is 20.9 Å². The average Bonchev–Trinajstić information content (AvgIpc) is 3.98. The molecular weight excluding hydrogens is 803 g/mol. The fourth-order valence-electron chi connectivity index (χ4n) is 7.38. The van der Waals surface area contributed by atoms with E-state index >= 15 is 0 Å². The van der Waals surface area contributed by atoms with E-state index in [0.717, 1.165) is 39.4 Å². The lowest BCUT2D eigenvalue weighted by Crippen LogP contribution is -2.57. The molecule has 0 aliphatic carbocycles. The Hall–Kier alpha value is -6.32. The average molecular weight is 849 g/mol. The number of aromatic nitrogens is 3. The summed E-state index contributed by atoms with van der Waals surface area (Å²) in [5.74, 6) is -3.31. The molecule has 12 nitrogen and oxygen atoms in total. The highest BCUT2D eigenvalue weighted by molar-refractivity contribution is 7.13. The zero-order valence-corrected chi connectivity index (χ0v) is 34.9. The number of ether oxygens (including phenoxy) is 1. The predicted molar refractivity (Wildman–Crippen MR) is 228 cm³/mol. The molecule has 3 aromatic heterocycles. The molecule has 1 aliphatic rings. The fraction of sp³-hybridized carbons (Fsp3) is 0.304. The van der Waals surface area contributed by atoms with Crippen molar-refractivity contribution in [1.82, 2.24) is 30.5 Å². The molecule has 3 atom stereocenters. The molecule has 0 bridgehead atoms. The van der Waals surface area contributed by atoms with E-state index in [-0.39, 0.29) is 49.9 Å². The van der Waals surface area contributed by atoms with Crippen LogP contribution in [0.1, 0.15) is 67.2 Å². The monoisotopic (exact) mass is 848 g/mol. The summed E-state index contributed by atoms with van der Waals surface area (Å²) < 4.78 is 34.7. The van der Waals surface area contributed by atoms with Gasteiger partial charge in [-0.2, -0.15) is 0 Å². The number of carbonyl (C=O) groups excluding carboxylic acids is 4. The molecular formula is C46H46F2N6O6S. The molecule has 0 radical (unpaired) electrons. The zero-order valence-electron chi connectivity index (χ0n) is 34.1. The van der Waals surface area contributed by atoms with Crippen LogP contribution in [0.15, 0.2) is 90.7 Å². The third-order valence-corrected chi connectivity index (χ3v) is 11.7. The first-order chi connectivity index (χ1) is 29.2. The fourth-order valence-corrected chi connectivity index (χ4v) is 8.19. The molecule has 4 heterocycles. The molecule has 316 valence electrons. The SMILES string of the molecule is Cc1ncsc1-c1ccc(CNC(=O)[C@@H]2C[C@@H](O)CN2C(=O)C(NC(=O)CCCOc2ccc(-c3cnc4[nH]cc(C(=O)c5c(F)cccc5F)c4c3)cc2)C(C)(C)C)cc1. The van der Waals surface area contributed by atoms with Crippen LogP contribution in [0.4, 0.5) is 8.78 Å². The van der Waals surface area contributed by atoms with Gasteiger partial charge in [0.1, 0.15) is 35.1 Å². The van der Waals surface area contributed by atoms with Crippen molar-refractivity contribution < 1.29 is 37.8 Å². The molecule has 1 fully saturated rings. The summed E-state index contributed by atoms with van der Waals surface area (Å²) in [4.78, 5) is 67.8. The Morgan fingerprint density at radius 3 is 2.36 bits per heavy atom. The first-order valence-corrected chi connectivity index (χ1v) is 20.8. The van der Waals surface area contributed by atoms with E-state index in [1.807, 2.05) is 52.0 Å². The summed E-state index contributed by atoms with van der Waals surface area (Å²) in [6, 6.07) is 18.1. The molecule has 0 saturated carbocycles. The summed E-state index contributed by atoms with van der Waals surface area (Å²) in [6.07, 6.45) is 2.64. The summed E-state index contributed by atoms with van der Waals surface area (Å²) >= 11 is 1.56. The minimum Gasteiger partial charge on any atom is -0.494 e. The number of aliphatic hydroxyl groups is 1. The second-order valence-electron chi connectivity index (χ2n) is 16.2. The lowest BCUT2D eigenvalue weighted by Gasteiger charge is -2.35. The number of likely N-dealkylation sites (tertiary alicyclic amines) is 1. The maximum Gasteiger partial charge on any atom is 0.246 e. The third kappa shape index (κ3) is 9.68. The van der Waals surface area contributed by atoms with E-state index in [0.29, 0.717) is 28.8 Å². The van der Waals surface area contributed by atoms with E-state index in [9.17, 15) is 33.1 Å². The van der Waals surface area contributed by atoms with Gasteiger partial charge < -0.3 is 30.4 Å². The van der Waals surface area contributed by atoms with Crippen LogP contribution in [0, 0.1) is 24.0 Å². The number of aromatic amines is 1. The highest BCUT2D eigenvalue weighted by Gasteiger charge is 2.44. The van der Waals surface area contributed by atoms with Crippen molar-refractivity contribution in [2.24, 2.45) is 5.41 Å². The van der Waals surface area contributed by atoms with Gasteiger partial charge in [0, 0.05) is 54.8 Å². The van der Waals surface area contributed by atoms with Crippen molar-refractivity contribution in [3.8, 4) is 27.3 Å². The van der Waals surface area contributed by atoms with E-state index in [2.05, 4.69) is 25.6 Å². The van der Waals surface area contributed by atoms with Gasteiger partial charge in [0.05, 0.1) is 34.4 Å². The van der Waals surface area contributed by atoms with Crippen molar-refractivity contribution in [2.75, 3.05) is 13.2 Å². The van der Waals surface area contributed by atoms with Crippen LogP contribution < -0.4 is 15.4 Å². The number of β-amino-alcohol motifs (C(OH)–C–C–N with tert-alkyl or cyclic N) is 1. The number of thiazole rings is 1. The van der Waals surface area contributed by atoms with Gasteiger partial charge in [0.15, 0.2) is 0 Å². The number of halogens is 2. The van der Waals surface area contributed by atoms with Crippen molar-refractivity contribution in [3.05, 3.63) is 125 Å². The highest BCUT2D eigenvalue weighted by Crippen LogP contribution is 2.31. The Morgan fingerprint density at radius 2 is 1.69 bits per heavy atom. The maximum absolute atomic E-state index is 14.4. The minimum absolute atomic E-state index is 0.0242. The lowest BCUT2D eigenvalue weighted by molar-refractivity contribution is -0.144. The number of benzene rings is 3. The summed E-state index contributed by atoms with van der Waals surface area (Å²) in [6.45, 7) is 7.89. The minimum atomic E-state index is -0.952. The number of hydrogen-bond donors (Lipinski definition) is 4. The number of fused-ring (bicyclic) bond motifs is 1. The van der Waals surface area contributed by atoms with Gasteiger partial charge in [-0.25, -0.2) is 18.7 Å². The van der Waals surface area contributed by atoms with Gasteiger partial charge in [-0.05, 0) is 65.8 Å². The lowest BCUT2D eigenvalue weighted by atomic mass is 9.85. The van der Waals surface area contributed by atoms with Gasteiger partial charge in [0.2, 0.25) is 23.5 Å². The molecule has 1 unspecified atom stereocenters. The van der Waals surface area contributed by atoms with Crippen LogP contribution in [-0.4, -0.2) is 79.8 Å². The Kier molecular flexibility index (Phi) is 12.7. The number of pyridine rings is 1. The Labute approximate surface area is 355 Å². The number of H-pyrrole nitrogens is 1. The van der Waals surface area contributed by atoms with E-state index < -0.39 is 52.5 Å². The van der Waals surface area contributed by atoms with Gasteiger partial charge in [-0.15, -0.1) is 11.3 Å². The molecule has 0 spiro atoms. The number of nitrogens with one attached hydrogen (secondary N) is 3. The number of amides is 3. The van der Waals surface area contributed by atoms with Gasteiger partial charge in [0.25, 0.3) is 0 Å². The Balaban J connectivity index is 0.909. The number of nitrogens with zero attached hydrogens (tertiary/aromatic N) is 3. The molecule has 6 aromatic rings. The van der Waals surface area contributed by atoms with Crippen molar-refractivity contribution in [1.29, 1.82) is 0 Å². The van der Waals surface area contributed by atoms with Crippen molar-refractivity contribution in [3.63, 3.8) is 0 Å². The quantitative estimate of drug-likeness (QED) is 0.0664.